The fourth-order valence-electron chi connectivity index (χ4n) is 3.03. The fourth-order valence-corrected chi connectivity index (χ4v) is 4.71. The summed E-state index contributed by atoms with van der Waals surface area (Å²) in [5.41, 5.74) is 2.89. The van der Waals surface area contributed by atoms with Crippen molar-refractivity contribution in [2.24, 2.45) is 0 Å². The molecule has 0 unspecified atom stereocenters. The van der Waals surface area contributed by atoms with E-state index in [0.717, 1.165) is 16.3 Å². The second-order valence-corrected chi connectivity index (χ2v) is 9.86. The van der Waals surface area contributed by atoms with E-state index < -0.39 is 10.0 Å². The number of amides is 1. The van der Waals surface area contributed by atoms with Gasteiger partial charge in [0.25, 0.3) is 15.9 Å². The number of nitrogens with zero attached hydrogens (tertiary/aromatic N) is 1. The van der Waals surface area contributed by atoms with E-state index in [-0.39, 0.29) is 17.4 Å². The highest BCUT2D eigenvalue weighted by Gasteiger charge is 2.14. The number of carbonyl (C=O) groups excluding carboxylic acids is 1. The van der Waals surface area contributed by atoms with E-state index in [1.54, 1.807) is 47.7 Å². The molecule has 0 bridgehead atoms. The van der Waals surface area contributed by atoms with Crippen molar-refractivity contribution in [1.29, 1.82) is 0 Å². The molecule has 1 aromatic heterocycles. The average molecular weight is 480 g/mol. The smallest absolute Gasteiger partial charge is 0.262 e. The van der Waals surface area contributed by atoms with Gasteiger partial charge in [-0.05, 0) is 55.5 Å². The lowest BCUT2D eigenvalue weighted by Crippen LogP contribution is -2.20. The van der Waals surface area contributed by atoms with E-state index in [0.29, 0.717) is 17.1 Å². The molecule has 0 atom stereocenters. The van der Waals surface area contributed by atoms with Crippen LogP contribution in [0.2, 0.25) is 0 Å². The minimum atomic E-state index is -3.72. The van der Waals surface area contributed by atoms with Crippen molar-refractivity contribution >= 4 is 38.6 Å². The second-order valence-electron chi connectivity index (χ2n) is 7.11. The molecule has 33 heavy (non-hydrogen) atoms. The van der Waals surface area contributed by atoms with E-state index in [2.05, 4.69) is 15.0 Å². The van der Waals surface area contributed by atoms with Crippen LogP contribution in [0.25, 0.3) is 11.3 Å². The highest BCUT2D eigenvalue weighted by molar-refractivity contribution is 7.92. The molecule has 4 aromatic rings. The van der Waals surface area contributed by atoms with Crippen LogP contribution in [0.1, 0.15) is 5.01 Å². The predicted molar refractivity (Wildman–Crippen MR) is 130 cm³/mol. The third kappa shape index (κ3) is 5.97. The quantitative estimate of drug-likeness (QED) is 0.373. The van der Waals surface area contributed by atoms with Crippen LogP contribution >= 0.6 is 11.3 Å². The number of benzene rings is 3. The Labute approximate surface area is 196 Å². The first-order chi connectivity index (χ1) is 15.9. The molecule has 0 saturated carbocycles. The number of carbonyl (C=O) groups is 1. The fraction of sp³-hybridized carbons (Fsp3) is 0.0833. The Morgan fingerprint density at radius 1 is 0.970 bits per heavy atom. The Hall–Kier alpha value is -3.69. The third-order valence-corrected chi connectivity index (χ3v) is 6.76. The summed E-state index contributed by atoms with van der Waals surface area (Å²) < 4.78 is 33.0. The number of hydrogen-bond donors (Lipinski definition) is 2. The van der Waals surface area contributed by atoms with Gasteiger partial charge in [-0.1, -0.05) is 30.3 Å². The summed E-state index contributed by atoms with van der Waals surface area (Å²) in [6.07, 6.45) is 0. The summed E-state index contributed by atoms with van der Waals surface area (Å²) in [4.78, 5) is 16.9. The van der Waals surface area contributed by atoms with Crippen LogP contribution < -0.4 is 14.8 Å². The van der Waals surface area contributed by atoms with Crippen LogP contribution in [-0.2, 0) is 14.8 Å². The van der Waals surface area contributed by atoms with Gasteiger partial charge < -0.3 is 10.1 Å². The van der Waals surface area contributed by atoms with Gasteiger partial charge in [-0.2, -0.15) is 0 Å². The largest absolute Gasteiger partial charge is 0.484 e. The van der Waals surface area contributed by atoms with Crippen molar-refractivity contribution in [1.82, 2.24) is 4.98 Å². The monoisotopic (exact) mass is 479 g/mol. The van der Waals surface area contributed by atoms with Crippen molar-refractivity contribution in [3.8, 4) is 17.0 Å². The van der Waals surface area contributed by atoms with Gasteiger partial charge in [0, 0.05) is 22.3 Å². The lowest BCUT2D eigenvalue weighted by molar-refractivity contribution is -0.118. The zero-order valence-corrected chi connectivity index (χ0v) is 19.3. The maximum Gasteiger partial charge on any atom is 0.262 e. The summed E-state index contributed by atoms with van der Waals surface area (Å²) in [5.74, 6) is 0.0551. The number of sulfonamides is 1. The molecule has 1 heterocycles. The molecule has 9 heteroatoms. The highest BCUT2D eigenvalue weighted by Crippen LogP contribution is 2.24. The Morgan fingerprint density at radius 3 is 2.39 bits per heavy atom. The standard InChI is InChI=1S/C24H21N3O4S2/c1-17-25-23(16-32-17)18-6-5-9-20(14-18)26-24(28)15-31-21-10-12-22(13-11-21)33(29,30)27-19-7-3-2-4-8-19/h2-14,16,27H,15H2,1H3,(H,26,28). The maximum absolute atomic E-state index is 12.5. The first-order valence-corrected chi connectivity index (χ1v) is 12.4. The molecule has 1 amide bonds. The molecule has 0 radical (unpaired) electrons. The number of nitrogens with one attached hydrogen (secondary N) is 2. The highest BCUT2D eigenvalue weighted by atomic mass is 32.2. The van der Waals surface area contributed by atoms with Crippen LogP contribution in [0.5, 0.6) is 5.75 Å². The van der Waals surface area contributed by atoms with Crippen LogP contribution in [0.4, 0.5) is 11.4 Å². The van der Waals surface area contributed by atoms with Gasteiger partial charge in [0.2, 0.25) is 0 Å². The lowest BCUT2D eigenvalue weighted by Gasteiger charge is -2.10. The van der Waals surface area contributed by atoms with Gasteiger partial charge >= 0.3 is 0 Å². The summed E-state index contributed by atoms with van der Waals surface area (Å²) in [7, 11) is -3.72. The number of hydrogen-bond acceptors (Lipinski definition) is 6. The number of ether oxygens (including phenoxy) is 1. The SMILES string of the molecule is Cc1nc(-c2cccc(NC(=O)COc3ccc(S(=O)(=O)Nc4ccccc4)cc3)c2)cs1. The van der Waals surface area contributed by atoms with Crippen LogP contribution in [-0.4, -0.2) is 25.9 Å². The molecule has 0 aliphatic carbocycles. The molecule has 0 aliphatic rings. The zero-order chi connectivity index (χ0) is 23.3. The number of anilines is 2. The Morgan fingerprint density at radius 2 is 1.70 bits per heavy atom. The van der Waals surface area contributed by atoms with Gasteiger partial charge in [0.05, 0.1) is 15.6 Å². The van der Waals surface area contributed by atoms with Crippen LogP contribution in [0, 0.1) is 6.92 Å². The van der Waals surface area contributed by atoms with E-state index in [1.165, 1.54) is 24.3 Å². The van der Waals surface area contributed by atoms with Gasteiger partial charge in [0.15, 0.2) is 6.61 Å². The normalized spacial score (nSPS) is 11.1. The molecule has 0 saturated heterocycles. The number of thiazole rings is 1. The summed E-state index contributed by atoms with van der Waals surface area (Å²) >= 11 is 1.57. The van der Waals surface area contributed by atoms with E-state index in [4.69, 9.17) is 4.74 Å². The topological polar surface area (TPSA) is 97.4 Å². The van der Waals surface area contributed by atoms with Gasteiger partial charge in [-0.25, -0.2) is 13.4 Å². The molecule has 0 fully saturated rings. The van der Waals surface area contributed by atoms with Gasteiger partial charge in [0.1, 0.15) is 5.75 Å². The van der Waals surface area contributed by atoms with Crippen molar-refractivity contribution in [2.75, 3.05) is 16.6 Å². The van der Waals surface area contributed by atoms with Crippen molar-refractivity contribution in [2.45, 2.75) is 11.8 Å². The molecule has 0 spiro atoms. The van der Waals surface area contributed by atoms with E-state index in [9.17, 15) is 13.2 Å². The number of rotatable bonds is 8. The first kappa shape index (κ1) is 22.5. The van der Waals surface area contributed by atoms with E-state index in [1.807, 2.05) is 30.5 Å². The summed E-state index contributed by atoms with van der Waals surface area (Å²) in [6.45, 7) is 1.73. The molecule has 168 valence electrons. The van der Waals surface area contributed by atoms with Gasteiger partial charge in [-0.15, -0.1) is 11.3 Å². The second kappa shape index (κ2) is 9.85. The first-order valence-electron chi connectivity index (χ1n) is 10.0. The Kier molecular flexibility index (Phi) is 6.71. The molecule has 3 aromatic carbocycles. The minimum absolute atomic E-state index is 0.0947. The Bertz CT molecular complexity index is 1350. The molecule has 0 aliphatic heterocycles. The summed E-state index contributed by atoms with van der Waals surface area (Å²) in [6, 6.07) is 21.9. The van der Waals surface area contributed by atoms with Crippen molar-refractivity contribution in [3.05, 3.63) is 89.3 Å². The molecular weight excluding hydrogens is 458 g/mol. The Balaban J connectivity index is 1.33. The number of para-hydroxylation sites is 1. The zero-order valence-electron chi connectivity index (χ0n) is 17.7. The average Bonchev–Trinajstić information content (AvgIpc) is 3.25. The molecule has 7 nitrogen and oxygen atoms in total. The van der Waals surface area contributed by atoms with Crippen LogP contribution in [0.3, 0.4) is 0 Å². The van der Waals surface area contributed by atoms with Gasteiger partial charge in [-0.3, -0.25) is 9.52 Å². The van der Waals surface area contributed by atoms with Crippen molar-refractivity contribution < 1.29 is 17.9 Å². The van der Waals surface area contributed by atoms with Crippen LogP contribution in [0.15, 0.2) is 89.1 Å². The van der Waals surface area contributed by atoms with Crippen molar-refractivity contribution in [3.63, 3.8) is 0 Å². The summed E-state index contributed by atoms with van der Waals surface area (Å²) in [5, 5.41) is 5.74. The predicted octanol–water partition coefficient (Wildman–Crippen LogP) is 4.94. The number of aryl methyl sites for hydroxylation is 1. The van der Waals surface area contributed by atoms with E-state index >= 15 is 0 Å². The lowest BCUT2D eigenvalue weighted by atomic mass is 10.1. The third-order valence-electron chi connectivity index (χ3n) is 4.59. The maximum atomic E-state index is 12.5. The molecular formula is C24H21N3O4S2. The molecule has 2 N–H and O–H groups in total. The minimum Gasteiger partial charge on any atom is -0.484 e. The number of aromatic nitrogens is 1. The molecule has 4 rings (SSSR count).